The third-order valence-corrected chi connectivity index (χ3v) is 8.79. The molecule has 1 aliphatic heterocycles. The standard InChI is InChI=1S/C21H20ClN3O2S2/c1-21(13-29(26,27)25(2)20(23)24-21)19-17(22)12-18(28-19)16-10-6-9-15(11-16)14-7-4-3-5-8-14/h3-12H,13H2,1-2H3,(H2,23,24). The summed E-state index contributed by atoms with van der Waals surface area (Å²) in [6, 6.07) is 20.2. The molecule has 0 aliphatic carbocycles. The number of hydrogen-bond acceptors (Lipinski definition) is 5. The second kappa shape index (κ2) is 7.16. The molecular weight excluding hydrogens is 426 g/mol. The lowest BCUT2D eigenvalue weighted by molar-refractivity contribution is 0.482. The molecule has 2 N–H and O–H groups in total. The number of nitrogens with two attached hydrogens (primary N) is 1. The number of benzene rings is 2. The normalized spacial score (nSPS) is 21.1. The molecule has 150 valence electrons. The summed E-state index contributed by atoms with van der Waals surface area (Å²) in [6.45, 7) is 1.76. The maximum absolute atomic E-state index is 12.5. The summed E-state index contributed by atoms with van der Waals surface area (Å²) < 4.78 is 26.0. The lowest BCUT2D eigenvalue weighted by atomic mass is 10.0. The van der Waals surface area contributed by atoms with Crippen LogP contribution in [0.5, 0.6) is 0 Å². The van der Waals surface area contributed by atoms with E-state index in [1.807, 2.05) is 36.4 Å². The van der Waals surface area contributed by atoms with Crippen molar-refractivity contribution in [3.05, 3.63) is 70.6 Å². The van der Waals surface area contributed by atoms with Gasteiger partial charge in [-0.15, -0.1) is 11.3 Å². The Labute approximate surface area is 179 Å². The number of rotatable bonds is 3. The average Bonchev–Trinajstić information content (AvgIpc) is 3.09. The highest BCUT2D eigenvalue weighted by atomic mass is 35.5. The minimum Gasteiger partial charge on any atom is -0.369 e. The van der Waals surface area contributed by atoms with E-state index < -0.39 is 15.6 Å². The maximum Gasteiger partial charge on any atom is 0.239 e. The molecule has 1 aromatic heterocycles. The molecule has 0 fully saturated rings. The average molecular weight is 446 g/mol. The van der Waals surface area contributed by atoms with E-state index in [2.05, 4.69) is 29.3 Å². The molecule has 0 saturated carbocycles. The molecule has 1 aliphatic rings. The molecule has 4 rings (SSSR count). The Bertz CT molecular complexity index is 1210. The lowest BCUT2D eigenvalue weighted by Gasteiger charge is -2.33. The molecule has 0 radical (unpaired) electrons. The van der Waals surface area contributed by atoms with Crippen LogP contribution in [0.1, 0.15) is 11.8 Å². The summed E-state index contributed by atoms with van der Waals surface area (Å²) in [5.41, 5.74) is 8.10. The molecule has 1 unspecified atom stereocenters. The van der Waals surface area contributed by atoms with Crippen LogP contribution in [0.25, 0.3) is 21.6 Å². The molecule has 8 heteroatoms. The van der Waals surface area contributed by atoms with E-state index >= 15 is 0 Å². The molecule has 1 atom stereocenters. The van der Waals surface area contributed by atoms with Crippen molar-refractivity contribution in [1.82, 2.24) is 4.31 Å². The van der Waals surface area contributed by atoms with Crippen molar-refractivity contribution in [2.75, 3.05) is 12.8 Å². The first-order valence-electron chi connectivity index (χ1n) is 8.97. The Balaban J connectivity index is 1.77. The van der Waals surface area contributed by atoms with Crippen molar-refractivity contribution in [1.29, 1.82) is 0 Å². The number of halogens is 1. The Morgan fingerprint density at radius 3 is 2.41 bits per heavy atom. The van der Waals surface area contributed by atoms with E-state index in [-0.39, 0.29) is 11.7 Å². The summed E-state index contributed by atoms with van der Waals surface area (Å²) in [4.78, 5) is 6.11. The third-order valence-electron chi connectivity index (χ3n) is 4.99. The van der Waals surface area contributed by atoms with E-state index in [1.54, 1.807) is 6.92 Å². The van der Waals surface area contributed by atoms with E-state index in [0.717, 1.165) is 25.9 Å². The van der Waals surface area contributed by atoms with Gasteiger partial charge in [0.2, 0.25) is 16.0 Å². The molecule has 3 aromatic rings. The molecule has 0 spiro atoms. The SMILES string of the molecule is CN1C(N)=NC(C)(c2sc(-c3cccc(-c4ccccc4)c3)cc2Cl)CS1(=O)=O. The highest BCUT2D eigenvalue weighted by Gasteiger charge is 2.42. The van der Waals surface area contributed by atoms with Crippen molar-refractivity contribution in [2.24, 2.45) is 10.7 Å². The fraction of sp³-hybridized carbons (Fsp3) is 0.190. The van der Waals surface area contributed by atoms with Gasteiger partial charge < -0.3 is 5.73 Å². The van der Waals surface area contributed by atoms with Gasteiger partial charge in [-0.2, -0.15) is 0 Å². The van der Waals surface area contributed by atoms with Crippen molar-refractivity contribution < 1.29 is 8.42 Å². The van der Waals surface area contributed by atoms with E-state index in [1.165, 1.54) is 18.4 Å². The smallest absolute Gasteiger partial charge is 0.239 e. The summed E-state index contributed by atoms with van der Waals surface area (Å²) in [5.74, 6) is -0.211. The zero-order valence-electron chi connectivity index (χ0n) is 16.0. The van der Waals surface area contributed by atoms with Gasteiger partial charge in [-0.25, -0.2) is 17.7 Å². The van der Waals surface area contributed by atoms with E-state index in [4.69, 9.17) is 17.3 Å². The second-order valence-corrected chi connectivity index (χ2v) is 10.7. The fourth-order valence-electron chi connectivity index (χ4n) is 3.43. The van der Waals surface area contributed by atoms with E-state index in [9.17, 15) is 8.42 Å². The molecule has 0 saturated heterocycles. The Morgan fingerprint density at radius 1 is 1.07 bits per heavy atom. The fourth-order valence-corrected chi connectivity index (χ4v) is 6.59. The van der Waals surface area contributed by atoms with Crippen molar-refractivity contribution in [3.63, 3.8) is 0 Å². The van der Waals surface area contributed by atoms with Gasteiger partial charge in [0.1, 0.15) is 5.54 Å². The summed E-state index contributed by atoms with van der Waals surface area (Å²) in [5, 5.41) is 0.494. The first-order chi connectivity index (χ1) is 13.7. The van der Waals surface area contributed by atoms with Gasteiger partial charge in [-0.05, 0) is 35.7 Å². The van der Waals surface area contributed by atoms with Gasteiger partial charge in [0.05, 0.1) is 15.7 Å². The van der Waals surface area contributed by atoms with Crippen LogP contribution in [0.3, 0.4) is 0 Å². The van der Waals surface area contributed by atoms with Crippen LogP contribution in [-0.2, 0) is 15.6 Å². The molecule has 5 nitrogen and oxygen atoms in total. The Morgan fingerprint density at radius 2 is 1.72 bits per heavy atom. The van der Waals surface area contributed by atoms with Crippen LogP contribution in [0, 0.1) is 0 Å². The molecule has 0 bridgehead atoms. The van der Waals surface area contributed by atoms with Gasteiger partial charge in [0.15, 0.2) is 0 Å². The van der Waals surface area contributed by atoms with Gasteiger partial charge in [-0.1, -0.05) is 60.1 Å². The van der Waals surface area contributed by atoms with Gasteiger partial charge in [0.25, 0.3) is 0 Å². The number of guanidine groups is 1. The van der Waals surface area contributed by atoms with Crippen molar-refractivity contribution in [3.8, 4) is 21.6 Å². The van der Waals surface area contributed by atoms with Crippen LogP contribution in [0.4, 0.5) is 0 Å². The number of nitrogens with zero attached hydrogens (tertiary/aromatic N) is 2. The first-order valence-corrected chi connectivity index (χ1v) is 11.8. The topological polar surface area (TPSA) is 75.8 Å². The lowest BCUT2D eigenvalue weighted by Crippen LogP contribution is -2.50. The number of hydrogen-bond donors (Lipinski definition) is 1. The number of sulfonamides is 1. The van der Waals surface area contributed by atoms with Crippen LogP contribution >= 0.6 is 22.9 Å². The highest BCUT2D eigenvalue weighted by Crippen LogP contribution is 2.44. The summed E-state index contributed by atoms with van der Waals surface area (Å²) in [6.07, 6.45) is 0. The monoisotopic (exact) mass is 445 g/mol. The third kappa shape index (κ3) is 3.66. The van der Waals surface area contributed by atoms with E-state index in [0.29, 0.717) is 9.90 Å². The van der Waals surface area contributed by atoms with Crippen LogP contribution < -0.4 is 5.73 Å². The van der Waals surface area contributed by atoms with Crippen molar-refractivity contribution >= 4 is 38.9 Å². The molecular formula is C21H20ClN3O2S2. The largest absolute Gasteiger partial charge is 0.369 e. The molecule has 2 heterocycles. The minimum absolute atomic E-state index is 0.0316. The quantitative estimate of drug-likeness (QED) is 0.642. The van der Waals surface area contributed by atoms with Gasteiger partial charge in [0, 0.05) is 11.9 Å². The molecule has 29 heavy (non-hydrogen) atoms. The first kappa shape index (κ1) is 19.9. The molecule has 2 aromatic carbocycles. The predicted molar refractivity (Wildman–Crippen MR) is 121 cm³/mol. The maximum atomic E-state index is 12.5. The van der Waals surface area contributed by atoms with Crippen LogP contribution in [0.2, 0.25) is 5.02 Å². The zero-order chi connectivity index (χ0) is 20.8. The predicted octanol–water partition coefficient (Wildman–Crippen LogP) is 4.54. The number of thiophene rings is 1. The summed E-state index contributed by atoms with van der Waals surface area (Å²) in [7, 11) is -2.15. The second-order valence-electron chi connectivity index (χ2n) is 7.20. The van der Waals surface area contributed by atoms with Crippen LogP contribution in [-0.4, -0.2) is 31.5 Å². The Hall–Kier alpha value is -2.35. The highest BCUT2D eigenvalue weighted by molar-refractivity contribution is 7.89. The van der Waals surface area contributed by atoms with Crippen molar-refractivity contribution in [2.45, 2.75) is 12.5 Å². The number of aliphatic imine (C=N–C) groups is 1. The van der Waals surface area contributed by atoms with Gasteiger partial charge in [-0.3, -0.25) is 0 Å². The molecule has 0 amide bonds. The minimum atomic E-state index is -3.56. The summed E-state index contributed by atoms with van der Waals surface area (Å²) >= 11 is 7.99. The van der Waals surface area contributed by atoms with Gasteiger partial charge >= 0.3 is 0 Å². The zero-order valence-corrected chi connectivity index (χ0v) is 18.4. The Kier molecular flexibility index (Phi) is 4.93. The van der Waals surface area contributed by atoms with Crippen LogP contribution in [0.15, 0.2) is 65.7 Å².